The van der Waals surface area contributed by atoms with E-state index in [-0.39, 0.29) is 24.0 Å². The number of fused-ring (bicyclic) bond motifs is 1. The summed E-state index contributed by atoms with van der Waals surface area (Å²) in [6.45, 7) is 9.53. The topological polar surface area (TPSA) is 61.8 Å². The molecule has 0 amide bonds. The fourth-order valence-corrected chi connectivity index (χ4v) is 3.34. The standard InChI is InChI=1S/C21H31N5O.HI/c1-2-22-21(24-11-5-13-26-14-16-27-17-15-26)25-12-9-19-7-3-6-18-8-4-10-23-20(18)19;/h3-4,6-8,10H,2,5,9,11-17H2,1H3,(H2,22,24,25);1H. The van der Waals surface area contributed by atoms with Gasteiger partial charge in [-0.2, -0.15) is 0 Å². The second-order valence-corrected chi connectivity index (χ2v) is 6.74. The van der Waals surface area contributed by atoms with E-state index in [1.165, 1.54) is 10.9 Å². The summed E-state index contributed by atoms with van der Waals surface area (Å²) in [5, 5.41) is 7.98. The Kier molecular flexibility index (Phi) is 10.5. The first-order valence-electron chi connectivity index (χ1n) is 10.0. The SMILES string of the molecule is CCNC(=NCCCN1CCOCC1)NCCc1cccc2cccnc12.I. The Labute approximate surface area is 185 Å². The van der Waals surface area contributed by atoms with Gasteiger partial charge in [0.15, 0.2) is 5.96 Å². The number of para-hydroxylation sites is 1. The van der Waals surface area contributed by atoms with Crippen molar-refractivity contribution in [3.63, 3.8) is 0 Å². The van der Waals surface area contributed by atoms with Gasteiger partial charge in [0.25, 0.3) is 0 Å². The van der Waals surface area contributed by atoms with Gasteiger partial charge in [-0.25, -0.2) is 0 Å². The molecule has 6 nitrogen and oxygen atoms in total. The van der Waals surface area contributed by atoms with Crippen molar-refractivity contribution in [1.29, 1.82) is 0 Å². The lowest BCUT2D eigenvalue weighted by Gasteiger charge is -2.26. The Morgan fingerprint density at radius 1 is 1.18 bits per heavy atom. The molecule has 0 saturated carbocycles. The van der Waals surface area contributed by atoms with E-state index in [4.69, 9.17) is 9.73 Å². The maximum atomic E-state index is 5.39. The van der Waals surface area contributed by atoms with E-state index >= 15 is 0 Å². The smallest absolute Gasteiger partial charge is 0.191 e. The van der Waals surface area contributed by atoms with Crippen LogP contribution >= 0.6 is 24.0 Å². The van der Waals surface area contributed by atoms with E-state index < -0.39 is 0 Å². The molecular formula is C21H32IN5O. The van der Waals surface area contributed by atoms with Crippen LogP contribution in [0.3, 0.4) is 0 Å². The van der Waals surface area contributed by atoms with E-state index in [0.29, 0.717) is 0 Å². The third kappa shape index (κ3) is 7.18. The van der Waals surface area contributed by atoms with Crippen molar-refractivity contribution in [2.45, 2.75) is 19.8 Å². The highest BCUT2D eigenvalue weighted by atomic mass is 127. The molecule has 1 saturated heterocycles. The number of hydrogen-bond acceptors (Lipinski definition) is 4. The quantitative estimate of drug-likeness (QED) is 0.254. The molecule has 3 rings (SSSR count). The highest BCUT2D eigenvalue weighted by molar-refractivity contribution is 14.0. The van der Waals surface area contributed by atoms with Gasteiger partial charge in [-0.1, -0.05) is 24.3 Å². The van der Waals surface area contributed by atoms with Crippen LogP contribution in [-0.2, 0) is 11.2 Å². The predicted molar refractivity (Wildman–Crippen MR) is 127 cm³/mol. The van der Waals surface area contributed by atoms with Crippen molar-refractivity contribution < 1.29 is 4.74 Å². The zero-order chi connectivity index (χ0) is 18.7. The van der Waals surface area contributed by atoms with Gasteiger partial charge >= 0.3 is 0 Å². The summed E-state index contributed by atoms with van der Waals surface area (Å²) in [6.07, 6.45) is 3.86. The van der Waals surface area contributed by atoms with Crippen LogP contribution in [0.15, 0.2) is 41.5 Å². The summed E-state index contributed by atoms with van der Waals surface area (Å²) in [5.74, 6) is 0.896. The number of nitrogens with zero attached hydrogens (tertiary/aromatic N) is 3. The van der Waals surface area contributed by atoms with Crippen LogP contribution in [0.5, 0.6) is 0 Å². The van der Waals surface area contributed by atoms with Crippen LogP contribution in [0.2, 0.25) is 0 Å². The molecule has 1 aliphatic rings. The number of aliphatic imine (C=N–C) groups is 1. The van der Waals surface area contributed by atoms with Gasteiger partial charge in [0.2, 0.25) is 0 Å². The summed E-state index contributed by atoms with van der Waals surface area (Å²) in [5.41, 5.74) is 2.36. The number of morpholine rings is 1. The molecule has 1 aromatic heterocycles. The number of pyridine rings is 1. The molecule has 0 unspecified atom stereocenters. The molecule has 28 heavy (non-hydrogen) atoms. The van der Waals surface area contributed by atoms with E-state index in [1.807, 2.05) is 12.3 Å². The van der Waals surface area contributed by atoms with Crippen molar-refractivity contribution in [1.82, 2.24) is 20.5 Å². The van der Waals surface area contributed by atoms with Crippen LogP contribution < -0.4 is 10.6 Å². The average molecular weight is 497 g/mol. The highest BCUT2D eigenvalue weighted by Crippen LogP contribution is 2.15. The zero-order valence-corrected chi connectivity index (χ0v) is 19.0. The molecular weight excluding hydrogens is 465 g/mol. The fourth-order valence-electron chi connectivity index (χ4n) is 3.34. The maximum absolute atomic E-state index is 5.39. The number of guanidine groups is 1. The average Bonchev–Trinajstić information content (AvgIpc) is 2.72. The minimum atomic E-state index is 0. The molecule has 0 radical (unpaired) electrons. The van der Waals surface area contributed by atoms with Crippen molar-refractivity contribution >= 4 is 40.8 Å². The molecule has 0 atom stereocenters. The third-order valence-electron chi connectivity index (χ3n) is 4.75. The molecule has 2 N–H and O–H groups in total. The van der Waals surface area contributed by atoms with Gasteiger partial charge in [-0.3, -0.25) is 14.9 Å². The molecule has 1 aliphatic heterocycles. The molecule has 2 aromatic rings. The number of benzene rings is 1. The lowest BCUT2D eigenvalue weighted by atomic mass is 10.1. The zero-order valence-electron chi connectivity index (χ0n) is 16.7. The Bertz CT molecular complexity index is 728. The number of halogens is 1. The van der Waals surface area contributed by atoms with E-state index in [0.717, 1.165) is 76.8 Å². The van der Waals surface area contributed by atoms with Crippen LogP contribution in [0.25, 0.3) is 10.9 Å². The second kappa shape index (κ2) is 12.9. The molecule has 0 aliphatic carbocycles. The number of nitrogens with one attached hydrogen (secondary N) is 2. The summed E-state index contributed by atoms with van der Waals surface area (Å²) < 4.78 is 5.39. The third-order valence-corrected chi connectivity index (χ3v) is 4.75. The van der Waals surface area contributed by atoms with Crippen molar-refractivity contribution in [2.75, 3.05) is 52.5 Å². The Balaban J connectivity index is 0.00000280. The van der Waals surface area contributed by atoms with Gasteiger partial charge in [-0.15, -0.1) is 24.0 Å². The lowest BCUT2D eigenvalue weighted by molar-refractivity contribution is 0.0377. The van der Waals surface area contributed by atoms with Gasteiger partial charge in [0, 0.05) is 50.9 Å². The van der Waals surface area contributed by atoms with Crippen LogP contribution in [-0.4, -0.2) is 68.3 Å². The molecule has 0 bridgehead atoms. The number of ether oxygens (including phenoxy) is 1. The van der Waals surface area contributed by atoms with Crippen LogP contribution in [0.4, 0.5) is 0 Å². The van der Waals surface area contributed by atoms with E-state index in [9.17, 15) is 0 Å². The van der Waals surface area contributed by atoms with Gasteiger partial charge in [-0.05, 0) is 31.4 Å². The minimum Gasteiger partial charge on any atom is -0.379 e. The van der Waals surface area contributed by atoms with Crippen molar-refractivity contribution in [3.05, 3.63) is 42.1 Å². The fraction of sp³-hybridized carbons (Fsp3) is 0.524. The number of rotatable bonds is 8. The summed E-state index contributed by atoms with van der Waals surface area (Å²) >= 11 is 0. The molecule has 7 heteroatoms. The maximum Gasteiger partial charge on any atom is 0.191 e. The van der Waals surface area contributed by atoms with Gasteiger partial charge in [0.05, 0.1) is 18.7 Å². The first kappa shape index (κ1) is 22.8. The van der Waals surface area contributed by atoms with Gasteiger partial charge < -0.3 is 15.4 Å². The largest absolute Gasteiger partial charge is 0.379 e. The first-order chi connectivity index (χ1) is 13.4. The summed E-state index contributed by atoms with van der Waals surface area (Å²) in [4.78, 5) is 11.7. The monoisotopic (exact) mass is 497 g/mol. The molecule has 2 heterocycles. The number of aromatic nitrogens is 1. The van der Waals surface area contributed by atoms with Crippen molar-refractivity contribution in [2.24, 2.45) is 4.99 Å². The van der Waals surface area contributed by atoms with Crippen LogP contribution in [0.1, 0.15) is 18.9 Å². The second-order valence-electron chi connectivity index (χ2n) is 6.74. The molecule has 1 fully saturated rings. The molecule has 1 aromatic carbocycles. The first-order valence-corrected chi connectivity index (χ1v) is 10.0. The summed E-state index contributed by atoms with van der Waals surface area (Å²) in [6, 6.07) is 10.5. The van der Waals surface area contributed by atoms with E-state index in [2.05, 4.69) is 51.7 Å². The number of hydrogen-bond donors (Lipinski definition) is 2. The Morgan fingerprint density at radius 2 is 2.00 bits per heavy atom. The Hall–Kier alpha value is -1.45. The summed E-state index contributed by atoms with van der Waals surface area (Å²) in [7, 11) is 0. The Morgan fingerprint density at radius 3 is 2.82 bits per heavy atom. The molecule has 0 spiro atoms. The normalized spacial score (nSPS) is 15.2. The highest BCUT2D eigenvalue weighted by Gasteiger charge is 2.09. The molecule has 154 valence electrons. The lowest BCUT2D eigenvalue weighted by Crippen LogP contribution is -2.39. The van der Waals surface area contributed by atoms with Crippen LogP contribution in [0, 0.1) is 0 Å². The van der Waals surface area contributed by atoms with E-state index in [1.54, 1.807) is 0 Å². The minimum absolute atomic E-state index is 0. The van der Waals surface area contributed by atoms with Crippen molar-refractivity contribution in [3.8, 4) is 0 Å². The predicted octanol–water partition coefficient (Wildman–Crippen LogP) is 2.67. The van der Waals surface area contributed by atoms with Gasteiger partial charge in [0.1, 0.15) is 0 Å².